The molecule has 1 aromatic heterocycles. The molecule has 6 nitrogen and oxygen atoms in total. The lowest BCUT2D eigenvalue weighted by molar-refractivity contribution is 0.0848. The molecule has 138 valence electrons. The summed E-state index contributed by atoms with van der Waals surface area (Å²) in [7, 11) is 3.02. The highest BCUT2D eigenvalue weighted by Crippen LogP contribution is 2.32. The average Bonchev–Trinajstić information content (AvgIpc) is 3.08. The van der Waals surface area contributed by atoms with Crippen LogP contribution >= 0.6 is 11.3 Å². The van der Waals surface area contributed by atoms with E-state index < -0.39 is 5.91 Å². The fourth-order valence-corrected chi connectivity index (χ4v) is 4.11. The largest absolute Gasteiger partial charge is 0.497 e. The third-order valence-electron chi connectivity index (χ3n) is 4.46. The second kappa shape index (κ2) is 7.78. The first-order chi connectivity index (χ1) is 12.5. The van der Waals surface area contributed by atoms with Gasteiger partial charge in [0.05, 0.1) is 19.1 Å². The summed E-state index contributed by atoms with van der Waals surface area (Å²) in [4.78, 5) is 26.6. The van der Waals surface area contributed by atoms with Gasteiger partial charge in [-0.25, -0.2) is 0 Å². The van der Waals surface area contributed by atoms with Crippen molar-refractivity contribution in [3.63, 3.8) is 0 Å². The first-order valence-electron chi connectivity index (χ1n) is 8.45. The number of hydrogen-bond donors (Lipinski definition) is 2. The van der Waals surface area contributed by atoms with Crippen molar-refractivity contribution in [2.24, 2.45) is 5.92 Å². The Hall–Kier alpha value is -2.54. The van der Waals surface area contributed by atoms with E-state index in [1.807, 2.05) is 6.07 Å². The van der Waals surface area contributed by atoms with Gasteiger partial charge in [0.15, 0.2) is 0 Å². The third-order valence-corrected chi connectivity index (χ3v) is 5.69. The number of methoxy groups -OCH3 is 2. The van der Waals surface area contributed by atoms with Gasteiger partial charge in [-0.2, -0.15) is 0 Å². The van der Waals surface area contributed by atoms with Gasteiger partial charge >= 0.3 is 0 Å². The second-order valence-corrected chi connectivity index (χ2v) is 7.55. The van der Waals surface area contributed by atoms with Crippen molar-refractivity contribution in [1.82, 2.24) is 10.9 Å². The van der Waals surface area contributed by atoms with Gasteiger partial charge in [-0.15, -0.1) is 11.3 Å². The summed E-state index contributed by atoms with van der Waals surface area (Å²) in [5.41, 5.74) is 6.52. The highest BCUT2D eigenvalue weighted by Gasteiger charge is 2.21. The number of carbonyl (C=O) groups is 2. The SMILES string of the molecule is COc1cc(OC)cc(C(=O)NNC(=O)c2cc3c(s2)CCC(C)C3)c1. The molecule has 2 N–H and O–H groups in total. The predicted octanol–water partition coefficient (Wildman–Crippen LogP) is 2.96. The number of aryl methyl sites for hydroxylation is 1. The van der Waals surface area contributed by atoms with E-state index in [1.54, 1.807) is 18.2 Å². The number of rotatable bonds is 4. The van der Waals surface area contributed by atoms with Crippen molar-refractivity contribution >= 4 is 23.2 Å². The zero-order valence-electron chi connectivity index (χ0n) is 15.0. The molecular weight excluding hydrogens is 352 g/mol. The quantitative estimate of drug-likeness (QED) is 0.807. The number of thiophene rings is 1. The van der Waals surface area contributed by atoms with E-state index >= 15 is 0 Å². The number of nitrogens with one attached hydrogen (secondary N) is 2. The first-order valence-corrected chi connectivity index (χ1v) is 9.27. The van der Waals surface area contributed by atoms with Crippen LogP contribution in [0.1, 0.15) is 43.8 Å². The number of ether oxygens (including phenoxy) is 2. The van der Waals surface area contributed by atoms with Crippen LogP contribution in [0.3, 0.4) is 0 Å². The van der Waals surface area contributed by atoms with Gasteiger partial charge in [0.25, 0.3) is 11.8 Å². The third kappa shape index (κ3) is 3.99. The Morgan fingerprint density at radius 3 is 2.35 bits per heavy atom. The van der Waals surface area contributed by atoms with Gasteiger partial charge in [0.1, 0.15) is 11.5 Å². The summed E-state index contributed by atoms with van der Waals surface area (Å²) in [6, 6.07) is 6.77. The van der Waals surface area contributed by atoms with Crippen LogP contribution in [0.2, 0.25) is 0 Å². The van der Waals surface area contributed by atoms with Crippen molar-refractivity contribution in [3.8, 4) is 11.5 Å². The molecule has 1 atom stereocenters. The maximum atomic E-state index is 12.4. The second-order valence-electron chi connectivity index (χ2n) is 6.42. The Morgan fingerprint density at radius 1 is 1.04 bits per heavy atom. The fraction of sp³-hybridized carbons (Fsp3) is 0.368. The normalized spacial score (nSPS) is 15.7. The molecule has 0 aliphatic heterocycles. The van der Waals surface area contributed by atoms with E-state index in [0.29, 0.717) is 27.9 Å². The van der Waals surface area contributed by atoms with E-state index in [4.69, 9.17) is 9.47 Å². The molecule has 0 fully saturated rings. The van der Waals surface area contributed by atoms with Crippen LogP contribution in [-0.4, -0.2) is 26.0 Å². The molecule has 1 aromatic carbocycles. The monoisotopic (exact) mass is 374 g/mol. The van der Waals surface area contributed by atoms with Crippen LogP contribution in [0, 0.1) is 5.92 Å². The van der Waals surface area contributed by atoms with Gasteiger partial charge in [-0.3, -0.25) is 20.4 Å². The molecule has 0 bridgehead atoms. The van der Waals surface area contributed by atoms with Gasteiger partial charge < -0.3 is 9.47 Å². The first kappa shape index (κ1) is 18.3. The Balaban J connectivity index is 1.65. The van der Waals surface area contributed by atoms with Gasteiger partial charge in [-0.1, -0.05) is 6.92 Å². The lowest BCUT2D eigenvalue weighted by atomic mass is 9.90. The molecule has 0 saturated heterocycles. The zero-order chi connectivity index (χ0) is 18.7. The molecular formula is C19H22N2O4S. The minimum Gasteiger partial charge on any atom is -0.497 e. The molecule has 2 aromatic rings. The van der Waals surface area contributed by atoms with Crippen LogP contribution < -0.4 is 20.3 Å². The lowest BCUT2D eigenvalue weighted by Crippen LogP contribution is -2.41. The van der Waals surface area contributed by atoms with Gasteiger partial charge in [0.2, 0.25) is 0 Å². The highest BCUT2D eigenvalue weighted by molar-refractivity contribution is 7.14. The number of hydrogen-bond acceptors (Lipinski definition) is 5. The molecule has 7 heteroatoms. The minimum atomic E-state index is -0.439. The summed E-state index contributed by atoms with van der Waals surface area (Å²) in [5.74, 6) is 0.906. The topological polar surface area (TPSA) is 76.7 Å². The number of fused-ring (bicyclic) bond motifs is 1. The summed E-state index contributed by atoms with van der Waals surface area (Å²) < 4.78 is 10.3. The highest BCUT2D eigenvalue weighted by atomic mass is 32.1. The summed E-state index contributed by atoms with van der Waals surface area (Å²) >= 11 is 1.50. The smallest absolute Gasteiger partial charge is 0.279 e. The summed E-state index contributed by atoms with van der Waals surface area (Å²) in [6.45, 7) is 2.23. The molecule has 2 amide bonds. The molecule has 0 radical (unpaired) electrons. The molecule has 26 heavy (non-hydrogen) atoms. The predicted molar refractivity (Wildman–Crippen MR) is 100.0 cm³/mol. The molecule has 0 spiro atoms. The molecule has 1 aliphatic rings. The number of benzene rings is 1. The van der Waals surface area contributed by atoms with Crippen molar-refractivity contribution in [2.75, 3.05) is 14.2 Å². The van der Waals surface area contributed by atoms with Gasteiger partial charge in [0, 0.05) is 16.5 Å². The van der Waals surface area contributed by atoms with Crippen molar-refractivity contribution in [2.45, 2.75) is 26.2 Å². The Labute approximate surface area is 156 Å². The van der Waals surface area contributed by atoms with E-state index in [1.165, 1.54) is 36.0 Å². The Morgan fingerprint density at radius 2 is 1.69 bits per heavy atom. The van der Waals surface area contributed by atoms with Crippen LogP contribution in [0.15, 0.2) is 24.3 Å². The molecule has 1 heterocycles. The van der Waals surface area contributed by atoms with Crippen molar-refractivity contribution in [3.05, 3.63) is 45.1 Å². The van der Waals surface area contributed by atoms with Crippen LogP contribution in [-0.2, 0) is 12.8 Å². The maximum Gasteiger partial charge on any atom is 0.279 e. The number of carbonyl (C=O) groups excluding carboxylic acids is 2. The lowest BCUT2D eigenvalue weighted by Gasteiger charge is -2.16. The molecule has 1 aliphatic carbocycles. The number of amides is 2. The Bertz CT molecular complexity index is 809. The summed E-state index contributed by atoms with van der Waals surface area (Å²) in [5, 5.41) is 0. The van der Waals surface area contributed by atoms with Crippen molar-refractivity contribution in [1.29, 1.82) is 0 Å². The molecule has 0 saturated carbocycles. The fourth-order valence-electron chi connectivity index (χ4n) is 3.00. The van der Waals surface area contributed by atoms with Crippen LogP contribution in [0.5, 0.6) is 11.5 Å². The maximum absolute atomic E-state index is 12.4. The molecule has 3 rings (SSSR count). The zero-order valence-corrected chi connectivity index (χ0v) is 15.9. The van der Waals surface area contributed by atoms with Crippen molar-refractivity contribution < 1.29 is 19.1 Å². The minimum absolute atomic E-state index is 0.305. The Kier molecular flexibility index (Phi) is 5.46. The van der Waals surface area contributed by atoms with E-state index in [0.717, 1.165) is 19.3 Å². The van der Waals surface area contributed by atoms with E-state index in [2.05, 4.69) is 17.8 Å². The standard InChI is InChI=1S/C19H22N2O4S/c1-11-4-5-16-12(6-11)9-17(26-16)19(23)21-20-18(22)13-7-14(24-2)10-15(8-13)25-3/h7-11H,4-6H2,1-3H3,(H,20,22)(H,21,23). The van der Waals surface area contributed by atoms with Crippen LogP contribution in [0.4, 0.5) is 0 Å². The van der Waals surface area contributed by atoms with Gasteiger partial charge in [-0.05, 0) is 48.9 Å². The van der Waals surface area contributed by atoms with E-state index in [9.17, 15) is 9.59 Å². The number of hydrazine groups is 1. The van der Waals surface area contributed by atoms with E-state index in [-0.39, 0.29) is 5.91 Å². The summed E-state index contributed by atoms with van der Waals surface area (Å²) in [6.07, 6.45) is 3.18. The average molecular weight is 374 g/mol. The molecule has 1 unspecified atom stereocenters. The van der Waals surface area contributed by atoms with Crippen LogP contribution in [0.25, 0.3) is 0 Å².